The molecule has 0 aromatic heterocycles. The maximum Gasteiger partial charge on any atom is 0.277 e. The second kappa shape index (κ2) is 4.61. The van der Waals surface area contributed by atoms with Gasteiger partial charge in [-0.15, -0.1) is 0 Å². The average Bonchev–Trinajstić information content (AvgIpc) is 2.17. The van der Waals surface area contributed by atoms with E-state index in [9.17, 15) is 9.18 Å². The molecular formula is C12H16FNO2. The van der Waals surface area contributed by atoms with Crippen LogP contribution in [0.4, 0.5) is 4.39 Å². The zero-order chi connectivity index (χ0) is 12.3. The molecule has 0 aliphatic carbocycles. The molecule has 16 heavy (non-hydrogen) atoms. The van der Waals surface area contributed by atoms with Crippen molar-refractivity contribution in [1.82, 2.24) is 5.48 Å². The largest absolute Gasteiger partial charge is 0.277 e. The van der Waals surface area contributed by atoms with Crippen LogP contribution in [0.1, 0.15) is 36.7 Å². The minimum atomic E-state index is -0.573. The number of carbonyl (C=O) groups excluding carboxylic acids is 1. The van der Waals surface area contributed by atoms with E-state index in [0.717, 1.165) is 0 Å². The number of hydroxylamine groups is 1. The Kier molecular flexibility index (Phi) is 3.65. The van der Waals surface area contributed by atoms with E-state index in [1.165, 1.54) is 6.07 Å². The molecule has 0 atom stereocenters. The van der Waals surface area contributed by atoms with Crippen molar-refractivity contribution < 1.29 is 14.0 Å². The van der Waals surface area contributed by atoms with Crippen molar-refractivity contribution in [2.24, 2.45) is 0 Å². The molecule has 88 valence electrons. The van der Waals surface area contributed by atoms with Crippen LogP contribution in [0.2, 0.25) is 0 Å². The van der Waals surface area contributed by atoms with Crippen LogP contribution in [0.25, 0.3) is 0 Å². The molecule has 0 radical (unpaired) electrons. The Bertz CT molecular complexity index is 396. The van der Waals surface area contributed by atoms with Gasteiger partial charge >= 0.3 is 0 Å². The van der Waals surface area contributed by atoms with E-state index in [2.05, 4.69) is 5.48 Å². The second-order valence-corrected chi connectivity index (χ2v) is 4.58. The monoisotopic (exact) mass is 225 g/mol. The van der Waals surface area contributed by atoms with E-state index in [0.29, 0.717) is 5.56 Å². The summed E-state index contributed by atoms with van der Waals surface area (Å²) in [6.07, 6.45) is 0. The van der Waals surface area contributed by atoms with E-state index < -0.39 is 17.3 Å². The molecule has 0 aliphatic heterocycles. The maximum absolute atomic E-state index is 13.6. The number of amides is 1. The summed E-state index contributed by atoms with van der Waals surface area (Å²) in [7, 11) is 0. The number of hydrogen-bond acceptors (Lipinski definition) is 2. The molecule has 4 heteroatoms. The van der Waals surface area contributed by atoms with Crippen LogP contribution in [-0.4, -0.2) is 11.5 Å². The highest BCUT2D eigenvalue weighted by atomic mass is 19.1. The molecule has 0 aliphatic rings. The Morgan fingerprint density at radius 1 is 1.38 bits per heavy atom. The summed E-state index contributed by atoms with van der Waals surface area (Å²) < 4.78 is 13.6. The smallest absolute Gasteiger partial charge is 0.268 e. The van der Waals surface area contributed by atoms with Gasteiger partial charge in [-0.3, -0.25) is 9.63 Å². The van der Waals surface area contributed by atoms with Crippen molar-refractivity contribution >= 4 is 5.91 Å². The first-order valence-electron chi connectivity index (χ1n) is 5.05. The van der Waals surface area contributed by atoms with E-state index >= 15 is 0 Å². The molecule has 1 aromatic rings. The molecule has 1 aromatic carbocycles. The lowest BCUT2D eigenvalue weighted by Crippen LogP contribution is -2.34. The molecule has 1 rings (SSSR count). The van der Waals surface area contributed by atoms with Crippen LogP contribution >= 0.6 is 0 Å². The van der Waals surface area contributed by atoms with Gasteiger partial charge in [0.05, 0.1) is 11.2 Å². The first-order chi connectivity index (χ1) is 7.31. The predicted octanol–water partition coefficient (Wildman–Crippen LogP) is 2.59. The summed E-state index contributed by atoms with van der Waals surface area (Å²) in [5.74, 6) is -1.09. The van der Waals surface area contributed by atoms with Gasteiger partial charge in [0.15, 0.2) is 0 Å². The van der Waals surface area contributed by atoms with Crippen molar-refractivity contribution in [2.45, 2.75) is 33.3 Å². The molecule has 3 nitrogen and oxygen atoms in total. The van der Waals surface area contributed by atoms with Gasteiger partial charge in [-0.2, -0.15) is 0 Å². The van der Waals surface area contributed by atoms with Crippen LogP contribution in [0.3, 0.4) is 0 Å². The Balaban J connectivity index is 2.78. The van der Waals surface area contributed by atoms with Crippen LogP contribution in [0.5, 0.6) is 0 Å². The summed E-state index contributed by atoms with van der Waals surface area (Å²) in [6, 6.07) is 4.66. The van der Waals surface area contributed by atoms with Gasteiger partial charge in [0.1, 0.15) is 5.82 Å². The lowest BCUT2D eigenvalue weighted by Gasteiger charge is -2.19. The zero-order valence-electron chi connectivity index (χ0n) is 9.93. The van der Waals surface area contributed by atoms with Crippen LogP contribution in [0.15, 0.2) is 18.2 Å². The van der Waals surface area contributed by atoms with Crippen molar-refractivity contribution in [3.05, 3.63) is 35.1 Å². The summed E-state index contributed by atoms with van der Waals surface area (Å²) in [6.45, 7) is 6.98. The van der Waals surface area contributed by atoms with Crippen molar-refractivity contribution in [1.29, 1.82) is 0 Å². The first-order valence-corrected chi connectivity index (χ1v) is 5.05. The number of hydrogen-bond donors (Lipinski definition) is 1. The van der Waals surface area contributed by atoms with Gasteiger partial charge in [0.2, 0.25) is 0 Å². The maximum atomic E-state index is 13.6. The Hall–Kier alpha value is -1.42. The van der Waals surface area contributed by atoms with Crippen LogP contribution in [-0.2, 0) is 4.84 Å². The average molecular weight is 225 g/mol. The molecule has 0 fully saturated rings. The summed E-state index contributed by atoms with van der Waals surface area (Å²) in [5.41, 5.74) is 2.15. The highest BCUT2D eigenvalue weighted by Crippen LogP contribution is 2.12. The van der Waals surface area contributed by atoms with Gasteiger partial charge < -0.3 is 0 Å². The minimum Gasteiger partial charge on any atom is -0.268 e. The molecule has 1 N–H and O–H groups in total. The second-order valence-electron chi connectivity index (χ2n) is 4.58. The molecule has 0 saturated carbocycles. The number of carbonyl (C=O) groups is 1. The fourth-order valence-electron chi connectivity index (χ4n) is 1.08. The first kappa shape index (κ1) is 12.6. The molecule has 0 unspecified atom stereocenters. The van der Waals surface area contributed by atoms with Crippen molar-refractivity contribution in [3.63, 3.8) is 0 Å². The SMILES string of the molecule is Cc1cccc(C(=O)NOC(C)(C)C)c1F. The fourth-order valence-corrected chi connectivity index (χ4v) is 1.08. The topological polar surface area (TPSA) is 38.3 Å². The zero-order valence-corrected chi connectivity index (χ0v) is 9.93. The summed E-state index contributed by atoms with van der Waals surface area (Å²) >= 11 is 0. The van der Waals surface area contributed by atoms with E-state index in [1.54, 1.807) is 39.8 Å². The van der Waals surface area contributed by atoms with Crippen LogP contribution < -0.4 is 5.48 Å². The lowest BCUT2D eigenvalue weighted by molar-refractivity contribution is -0.0591. The molecule has 0 heterocycles. The Morgan fingerprint density at radius 2 is 2.00 bits per heavy atom. The third kappa shape index (κ3) is 3.31. The number of aryl methyl sites for hydroxylation is 1. The molecule has 0 saturated heterocycles. The third-order valence-corrected chi connectivity index (χ3v) is 1.89. The Labute approximate surface area is 94.6 Å². The van der Waals surface area contributed by atoms with E-state index in [1.807, 2.05) is 0 Å². The van der Waals surface area contributed by atoms with Crippen LogP contribution in [0, 0.1) is 12.7 Å². The normalized spacial score (nSPS) is 11.3. The van der Waals surface area contributed by atoms with E-state index in [4.69, 9.17) is 4.84 Å². The molecular weight excluding hydrogens is 209 g/mol. The number of rotatable bonds is 2. The molecule has 0 spiro atoms. The number of nitrogens with one attached hydrogen (secondary N) is 1. The fraction of sp³-hybridized carbons (Fsp3) is 0.417. The van der Waals surface area contributed by atoms with Gasteiger partial charge in [-0.1, -0.05) is 12.1 Å². The summed E-state index contributed by atoms with van der Waals surface area (Å²) in [4.78, 5) is 16.7. The molecule has 0 bridgehead atoms. The van der Waals surface area contributed by atoms with Crippen molar-refractivity contribution in [2.75, 3.05) is 0 Å². The summed E-state index contributed by atoms with van der Waals surface area (Å²) in [5, 5.41) is 0. The minimum absolute atomic E-state index is 0.00995. The highest BCUT2D eigenvalue weighted by molar-refractivity contribution is 5.93. The predicted molar refractivity (Wildman–Crippen MR) is 59.4 cm³/mol. The van der Waals surface area contributed by atoms with E-state index in [-0.39, 0.29) is 5.56 Å². The number of halogens is 1. The van der Waals surface area contributed by atoms with Gasteiger partial charge in [0, 0.05) is 0 Å². The number of benzene rings is 1. The van der Waals surface area contributed by atoms with Gasteiger partial charge in [-0.25, -0.2) is 9.87 Å². The Morgan fingerprint density at radius 3 is 2.56 bits per heavy atom. The van der Waals surface area contributed by atoms with Crippen molar-refractivity contribution in [3.8, 4) is 0 Å². The highest BCUT2D eigenvalue weighted by Gasteiger charge is 2.17. The van der Waals surface area contributed by atoms with Gasteiger partial charge in [-0.05, 0) is 39.3 Å². The third-order valence-electron chi connectivity index (χ3n) is 1.89. The lowest BCUT2D eigenvalue weighted by atomic mass is 10.1. The molecule has 1 amide bonds. The standard InChI is InChI=1S/C12H16FNO2/c1-8-6-5-7-9(10(8)13)11(15)14-16-12(2,3)4/h5-7H,1-4H3,(H,14,15). The van der Waals surface area contributed by atoms with Gasteiger partial charge in [0.25, 0.3) is 5.91 Å². The quantitative estimate of drug-likeness (QED) is 0.786.